The molecular weight excluding hydrogens is 120 g/mol. The zero-order chi connectivity index (χ0) is 6.85. The Kier molecular flexibility index (Phi) is 1.18. The van der Waals surface area contributed by atoms with Gasteiger partial charge in [-0.3, -0.25) is 4.79 Å². The molecule has 0 saturated heterocycles. The number of hydrogen-bond acceptors (Lipinski definition) is 4. The summed E-state index contributed by atoms with van der Waals surface area (Å²) >= 11 is 0. The molecule has 2 N–H and O–H groups in total. The molecule has 9 heavy (non-hydrogen) atoms. The first-order valence-electron chi connectivity index (χ1n) is 2.31. The molecule has 1 heterocycles. The SMILES string of the molecule is Cc1nc(N)n([C]=O)n1. The molecule has 0 aromatic carbocycles. The van der Waals surface area contributed by atoms with Crippen molar-refractivity contribution in [3.63, 3.8) is 0 Å². The van der Waals surface area contributed by atoms with Crippen LogP contribution >= 0.6 is 0 Å². The predicted octanol–water partition coefficient (Wildman–Crippen LogP) is -0.916. The van der Waals surface area contributed by atoms with Crippen molar-refractivity contribution in [1.82, 2.24) is 14.8 Å². The first-order chi connectivity index (χ1) is 4.24. The highest BCUT2D eigenvalue weighted by atomic mass is 16.1. The molecule has 1 aromatic rings. The minimum atomic E-state index is 0.0718. The average Bonchev–Trinajstić information content (AvgIpc) is 2.10. The lowest BCUT2D eigenvalue weighted by atomic mass is 10.8. The number of aryl methyl sites for hydroxylation is 1. The molecule has 0 atom stereocenters. The molecule has 5 nitrogen and oxygen atoms in total. The maximum Gasteiger partial charge on any atom is 0.341 e. The molecule has 47 valence electrons. The Morgan fingerprint density at radius 1 is 1.78 bits per heavy atom. The van der Waals surface area contributed by atoms with Gasteiger partial charge in [-0.2, -0.15) is 9.67 Å². The fourth-order valence-corrected chi connectivity index (χ4v) is 0.499. The van der Waals surface area contributed by atoms with Crippen molar-refractivity contribution >= 4 is 12.4 Å². The van der Waals surface area contributed by atoms with Crippen molar-refractivity contribution < 1.29 is 4.79 Å². The van der Waals surface area contributed by atoms with E-state index < -0.39 is 0 Å². The van der Waals surface area contributed by atoms with Gasteiger partial charge in [0.25, 0.3) is 0 Å². The summed E-state index contributed by atoms with van der Waals surface area (Å²) in [6.45, 7) is 1.64. The summed E-state index contributed by atoms with van der Waals surface area (Å²) in [6.07, 6.45) is 1.48. The van der Waals surface area contributed by atoms with Crippen LogP contribution in [-0.2, 0) is 4.79 Å². The minimum absolute atomic E-state index is 0.0718. The second-order valence-electron chi connectivity index (χ2n) is 1.52. The Balaban J connectivity index is 3.15. The Labute approximate surface area is 51.5 Å². The molecule has 0 aliphatic rings. The van der Waals surface area contributed by atoms with E-state index in [0.717, 1.165) is 4.68 Å². The van der Waals surface area contributed by atoms with Crippen molar-refractivity contribution in [2.45, 2.75) is 6.92 Å². The number of carbonyl (C=O) groups excluding carboxylic acids is 1. The minimum Gasteiger partial charge on any atom is -0.368 e. The lowest BCUT2D eigenvalue weighted by Gasteiger charge is -1.81. The standard InChI is InChI=1S/C4H5N4O/c1-3-6-4(5)8(2-9)7-3/h1H3,(H2,5,6,7). The molecule has 0 aliphatic heterocycles. The van der Waals surface area contributed by atoms with Crippen LogP contribution in [0.25, 0.3) is 0 Å². The van der Waals surface area contributed by atoms with Crippen LogP contribution in [0.1, 0.15) is 5.82 Å². The summed E-state index contributed by atoms with van der Waals surface area (Å²) in [5.74, 6) is 0.540. The fraction of sp³-hybridized carbons (Fsp3) is 0.250. The Hall–Kier alpha value is -1.39. The van der Waals surface area contributed by atoms with Gasteiger partial charge in [0.2, 0.25) is 5.95 Å². The molecule has 1 rings (SSSR count). The normalized spacial score (nSPS) is 9.44. The second-order valence-corrected chi connectivity index (χ2v) is 1.52. The van der Waals surface area contributed by atoms with Crippen molar-refractivity contribution in [3.8, 4) is 0 Å². The van der Waals surface area contributed by atoms with Gasteiger partial charge in [-0.25, -0.2) is 0 Å². The third-order valence-electron chi connectivity index (χ3n) is 0.825. The highest BCUT2D eigenvalue weighted by Crippen LogP contribution is 1.93. The number of hydrogen-bond donors (Lipinski definition) is 1. The number of nitrogens with two attached hydrogens (primary N) is 1. The van der Waals surface area contributed by atoms with E-state index in [4.69, 9.17) is 5.73 Å². The maximum atomic E-state index is 9.90. The summed E-state index contributed by atoms with van der Waals surface area (Å²) in [7, 11) is 0. The topological polar surface area (TPSA) is 73.8 Å². The van der Waals surface area contributed by atoms with Crippen LogP contribution in [0.3, 0.4) is 0 Å². The summed E-state index contributed by atoms with van der Waals surface area (Å²) < 4.78 is 0.856. The van der Waals surface area contributed by atoms with Gasteiger partial charge in [-0.15, -0.1) is 5.10 Å². The highest BCUT2D eigenvalue weighted by molar-refractivity contribution is 5.55. The number of nitrogens with zero attached hydrogens (tertiary/aromatic N) is 3. The van der Waals surface area contributed by atoms with Gasteiger partial charge in [0.1, 0.15) is 5.82 Å². The van der Waals surface area contributed by atoms with E-state index in [2.05, 4.69) is 10.1 Å². The molecule has 0 unspecified atom stereocenters. The molecule has 1 radical (unpaired) electrons. The molecule has 0 aliphatic carbocycles. The predicted molar refractivity (Wildman–Crippen MR) is 30.3 cm³/mol. The van der Waals surface area contributed by atoms with Crippen molar-refractivity contribution in [2.75, 3.05) is 5.73 Å². The molecule has 0 saturated carbocycles. The smallest absolute Gasteiger partial charge is 0.341 e. The molecule has 0 fully saturated rings. The Bertz CT molecular complexity index is 228. The van der Waals surface area contributed by atoms with E-state index in [-0.39, 0.29) is 5.95 Å². The highest BCUT2D eigenvalue weighted by Gasteiger charge is 1.99. The number of aromatic nitrogens is 3. The van der Waals surface area contributed by atoms with Crippen LogP contribution in [0.5, 0.6) is 0 Å². The molecule has 1 aromatic heterocycles. The molecular formula is C4H5N4O. The van der Waals surface area contributed by atoms with Crippen LogP contribution in [-0.4, -0.2) is 21.2 Å². The zero-order valence-electron chi connectivity index (χ0n) is 4.83. The number of anilines is 1. The van der Waals surface area contributed by atoms with E-state index in [0.29, 0.717) is 5.82 Å². The maximum absolute atomic E-state index is 9.90. The monoisotopic (exact) mass is 125 g/mol. The first kappa shape index (κ1) is 5.74. The lowest BCUT2D eigenvalue weighted by molar-refractivity contribution is 0.541. The molecule has 0 bridgehead atoms. The van der Waals surface area contributed by atoms with Gasteiger partial charge in [0.05, 0.1) is 0 Å². The Morgan fingerprint density at radius 2 is 2.44 bits per heavy atom. The van der Waals surface area contributed by atoms with Crippen LogP contribution in [0.2, 0.25) is 0 Å². The average molecular weight is 125 g/mol. The van der Waals surface area contributed by atoms with Crippen LogP contribution in [0.15, 0.2) is 0 Å². The van der Waals surface area contributed by atoms with Crippen molar-refractivity contribution in [2.24, 2.45) is 0 Å². The number of rotatable bonds is 1. The quantitative estimate of drug-likeness (QED) is 0.527. The van der Waals surface area contributed by atoms with Crippen molar-refractivity contribution in [3.05, 3.63) is 5.82 Å². The third kappa shape index (κ3) is 0.883. The molecule has 5 heteroatoms. The second kappa shape index (κ2) is 1.85. The fourth-order valence-electron chi connectivity index (χ4n) is 0.499. The van der Waals surface area contributed by atoms with Gasteiger partial charge >= 0.3 is 6.41 Å². The van der Waals surface area contributed by atoms with Gasteiger partial charge in [-0.1, -0.05) is 0 Å². The summed E-state index contributed by atoms with van der Waals surface area (Å²) in [4.78, 5) is 13.5. The lowest BCUT2D eigenvalue weighted by Crippen LogP contribution is -2.02. The van der Waals surface area contributed by atoms with E-state index in [9.17, 15) is 4.79 Å². The molecule has 0 spiro atoms. The zero-order valence-corrected chi connectivity index (χ0v) is 4.83. The van der Waals surface area contributed by atoms with Gasteiger partial charge in [0.15, 0.2) is 0 Å². The van der Waals surface area contributed by atoms with Crippen LogP contribution in [0.4, 0.5) is 5.95 Å². The first-order valence-corrected chi connectivity index (χ1v) is 2.31. The van der Waals surface area contributed by atoms with E-state index >= 15 is 0 Å². The third-order valence-corrected chi connectivity index (χ3v) is 0.825. The van der Waals surface area contributed by atoms with Crippen LogP contribution in [0, 0.1) is 6.92 Å². The molecule has 0 amide bonds. The van der Waals surface area contributed by atoms with Crippen LogP contribution < -0.4 is 5.73 Å². The summed E-state index contributed by atoms with van der Waals surface area (Å²) in [5.41, 5.74) is 5.18. The van der Waals surface area contributed by atoms with Crippen molar-refractivity contribution in [1.29, 1.82) is 0 Å². The summed E-state index contributed by atoms with van der Waals surface area (Å²) in [5, 5.41) is 3.59. The van der Waals surface area contributed by atoms with E-state index in [1.807, 2.05) is 0 Å². The van der Waals surface area contributed by atoms with Gasteiger partial charge in [0, 0.05) is 0 Å². The van der Waals surface area contributed by atoms with E-state index in [1.54, 1.807) is 6.92 Å². The Morgan fingerprint density at radius 3 is 2.67 bits per heavy atom. The summed E-state index contributed by atoms with van der Waals surface area (Å²) in [6, 6.07) is 0. The van der Waals surface area contributed by atoms with E-state index in [1.165, 1.54) is 6.41 Å². The largest absolute Gasteiger partial charge is 0.368 e. The van der Waals surface area contributed by atoms with Gasteiger partial charge in [-0.05, 0) is 6.92 Å². The number of nitrogen functional groups attached to an aromatic ring is 1. The van der Waals surface area contributed by atoms with Gasteiger partial charge < -0.3 is 5.73 Å².